The highest BCUT2D eigenvalue weighted by molar-refractivity contribution is 6.31. The summed E-state index contributed by atoms with van der Waals surface area (Å²) < 4.78 is 37.3. The van der Waals surface area contributed by atoms with E-state index in [1.54, 1.807) is 6.92 Å². The predicted octanol–water partition coefficient (Wildman–Crippen LogP) is 4.79. The molecular formula is C11H12ClF3. The molecule has 1 rings (SSSR count). The highest BCUT2D eigenvalue weighted by Crippen LogP contribution is 2.36. The van der Waals surface area contributed by atoms with E-state index in [2.05, 4.69) is 0 Å². The van der Waals surface area contributed by atoms with Gasteiger partial charge in [-0.25, -0.2) is 0 Å². The van der Waals surface area contributed by atoms with Gasteiger partial charge in [0.05, 0.1) is 5.56 Å². The van der Waals surface area contributed by atoms with E-state index >= 15 is 0 Å². The van der Waals surface area contributed by atoms with Crippen LogP contribution in [-0.2, 0) is 6.18 Å². The Hall–Kier alpha value is -0.700. The Morgan fingerprint density at radius 3 is 2.07 bits per heavy atom. The van der Waals surface area contributed by atoms with Gasteiger partial charge < -0.3 is 0 Å². The maximum Gasteiger partial charge on any atom is 0.416 e. The Morgan fingerprint density at radius 1 is 1.20 bits per heavy atom. The van der Waals surface area contributed by atoms with Gasteiger partial charge in [0.1, 0.15) is 0 Å². The molecule has 0 aliphatic carbocycles. The number of alkyl halides is 3. The number of halogens is 4. The van der Waals surface area contributed by atoms with Crippen LogP contribution in [-0.4, -0.2) is 0 Å². The first-order chi connectivity index (χ1) is 6.73. The molecule has 1 aromatic rings. The van der Waals surface area contributed by atoms with Crippen LogP contribution in [0.5, 0.6) is 0 Å². The third kappa shape index (κ3) is 2.65. The second kappa shape index (κ2) is 4.05. The van der Waals surface area contributed by atoms with E-state index in [1.165, 1.54) is 0 Å². The van der Waals surface area contributed by atoms with Gasteiger partial charge in [0.15, 0.2) is 0 Å². The van der Waals surface area contributed by atoms with Crippen LogP contribution in [0.25, 0.3) is 0 Å². The minimum Gasteiger partial charge on any atom is -0.166 e. The van der Waals surface area contributed by atoms with Gasteiger partial charge in [0.25, 0.3) is 0 Å². The highest BCUT2D eigenvalue weighted by Gasteiger charge is 2.31. The van der Waals surface area contributed by atoms with Crippen LogP contribution >= 0.6 is 11.6 Å². The van der Waals surface area contributed by atoms with Crippen molar-refractivity contribution in [1.82, 2.24) is 0 Å². The minimum absolute atomic E-state index is 0.125. The fraction of sp³-hybridized carbons (Fsp3) is 0.455. The smallest absolute Gasteiger partial charge is 0.166 e. The van der Waals surface area contributed by atoms with Gasteiger partial charge in [-0.05, 0) is 36.1 Å². The highest BCUT2D eigenvalue weighted by atomic mass is 35.5. The van der Waals surface area contributed by atoms with E-state index < -0.39 is 11.7 Å². The van der Waals surface area contributed by atoms with Crippen molar-refractivity contribution in [2.24, 2.45) is 0 Å². The summed E-state index contributed by atoms with van der Waals surface area (Å²) in [6, 6.07) is 2.13. The summed E-state index contributed by atoms with van der Waals surface area (Å²) in [6.07, 6.45) is -4.33. The summed E-state index contributed by atoms with van der Waals surface area (Å²) in [5, 5.41) is 0.192. The summed E-state index contributed by atoms with van der Waals surface area (Å²) in [7, 11) is 0. The molecule has 0 heterocycles. The van der Waals surface area contributed by atoms with Crippen LogP contribution in [0.2, 0.25) is 5.02 Å². The van der Waals surface area contributed by atoms with Crippen LogP contribution < -0.4 is 0 Å². The average Bonchev–Trinajstić information content (AvgIpc) is 1.99. The number of hydrogen-bond donors (Lipinski definition) is 0. The van der Waals surface area contributed by atoms with Crippen LogP contribution in [0.4, 0.5) is 13.2 Å². The standard InChI is InChI=1S/C11H12ClF3/c1-6(2)10-7(3)4-8(5-9(10)12)11(13,14)15/h4-6H,1-3H3. The molecule has 0 N–H and O–H groups in total. The predicted molar refractivity (Wildman–Crippen MR) is 55.3 cm³/mol. The molecule has 0 spiro atoms. The molecule has 0 aromatic heterocycles. The number of rotatable bonds is 1. The molecule has 0 radical (unpaired) electrons. The van der Waals surface area contributed by atoms with Gasteiger partial charge in [-0.1, -0.05) is 25.4 Å². The van der Waals surface area contributed by atoms with E-state index in [0.29, 0.717) is 5.56 Å². The number of hydrogen-bond acceptors (Lipinski definition) is 0. The van der Waals surface area contributed by atoms with Crippen LogP contribution in [0.3, 0.4) is 0 Å². The molecule has 4 heteroatoms. The molecule has 0 nitrogen and oxygen atoms in total. The van der Waals surface area contributed by atoms with Gasteiger partial charge in [0.2, 0.25) is 0 Å². The lowest BCUT2D eigenvalue weighted by Gasteiger charge is -2.15. The van der Waals surface area contributed by atoms with Crippen molar-refractivity contribution in [2.75, 3.05) is 0 Å². The Morgan fingerprint density at radius 2 is 1.73 bits per heavy atom. The monoisotopic (exact) mass is 236 g/mol. The fourth-order valence-corrected chi connectivity index (χ4v) is 2.13. The summed E-state index contributed by atoms with van der Waals surface area (Å²) in [5.74, 6) is 0.125. The topological polar surface area (TPSA) is 0 Å². The van der Waals surface area contributed by atoms with Crippen LogP contribution in [0, 0.1) is 6.92 Å². The van der Waals surface area contributed by atoms with E-state index in [0.717, 1.165) is 17.7 Å². The lowest BCUT2D eigenvalue weighted by Crippen LogP contribution is -2.07. The maximum atomic E-state index is 12.4. The molecule has 0 fully saturated rings. The second-order valence-corrected chi connectivity index (χ2v) is 4.25. The van der Waals surface area contributed by atoms with E-state index in [4.69, 9.17) is 11.6 Å². The van der Waals surface area contributed by atoms with Crippen molar-refractivity contribution in [1.29, 1.82) is 0 Å². The average molecular weight is 237 g/mol. The summed E-state index contributed by atoms with van der Waals surface area (Å²) in [4.78, 5) is 0. The van der Waals surface area contributed by atoms with Crippen molar-refractivity contribution in [3.63, 3.8) is 0 Å². The molecular weight excluding hydrogens is 225 g/mol. The van der Waals surface area contributed by atoms with Crippen molar-refractivity contribution in [3.05, 3.63) is 33.8 Å². The lowest BCUT2D eigenvalue weighted by atomic mass is 9.96. The van der Waals surface area contributed by atoms with Crippen LogP contribution in [0.15, 0.2) is 12.1 Å². The molecule has 0 aliphatic heterocycles. The maximum absolute atomic E-state index is 12.4. The van der Waals surface area contributed by atoms with E-state index in [9.17, 15) is 13.2 Å². The van der Waals surface area contributed by atoms with Gasteiger partial charge in [0, 0.05) is 5.02 Å². The molecule has 0 saturated heterocycles. The molecule has 0 amide bonds. The Bertz CT molecular complexity index is 344. The first-order valence-corrected chi connectivity index (χ1v) is 4.98. The molecule has 84 valence electrons. The van der Waals surface area contributed by atoms with Gasteiger partial charge in [-0.3, -0.25) is 0 Å². The Balaban J connectivity index is 3.32. The normalized spacial score (nSPS) is 12.3. The van der Waals surface area contributed by atoms with Crippen molar-refractivity contribution < 1.29 is 13.2 Å². The third-order valence-corrected chi connectivity index (χ3v) is 2.55. The first-order valence-electron chi connectivity index (χ1n) is 4.60. The Kier molecular flexibility index (Phi) is 3.34. The van der Waals surface area contributed by atoms with Gasteiger partial charge in [-0.15, -0.1) is 0 Å². The first kappa shape index (κ1) is 12.4. The zero-order valence-electron chi connectivity index (χ0n) is 8.74. The largest absolute Gasteiger partial charge is 0.416 e. The summed E-state index contributed by atoms with van der Waals surface area (Å²) in [6.45, 7) is 5.46. The molecule has 0 bridgehead atoms. The minimum atomic E-state index is -4.33. The number of aryl methyl sites for hydroxylation is 1. The zero-order valence-corrected chi connectivity index (χ0v) is 9.50. The van der Waals surface area contributed by atoms with E-state index in [1.807, 2.05) is 13.8 Å². The van der Waals surface area contributed by atoms with Crippen LogP contribution in [0.1, 0.15) is 36.5 Å². The fourth-order valence-electron chi connectivity index (χ4n) is 1.65. The molecule has 0 saturated carbocycles. The van der Waals surface area contributed by atoms with Crippen molar-refractivity contribution in [3.8, 4) is 0 Å². The summed E-state index contributed by atoms with van der Waals surface area (Å²) in [5.41, 5.74) is 0.684. The van der Waals surface area contributed by atoms with E-state index in [-0.39, 0.29) is 10.9 Å². The number of benzene rings is 1. The lowest BCUT2D eigenvalue weighted by molar-refractivity contribution is -0.137. The Labute approximate surface area is 92.1 Å². The second-order valence-electron chi connectivity index (χ2n) is 3.84. The van der Waals surface area contributed by atoms with Crippen molar-refractivity contribution >= 4 is 11.6 Å². The third-order valence-electron chi connectivity index (χ3n) is 2.24. The zero-order chi connectivity index (χ0) is 11.8. The SMILES string of the molecule is Cc1cc(C(F)(F)F)cc(Cl)c1C(C)C. The molecule has 0 unspecified atom stereocenters. The molecule has 1 aromatic carbocycles. The quantitative estimate of drug-likeness (QED) is 0.658. The molecule has 0 aliphatic rings. The molecule has 15 heavy (non-hydrogen) atoms. The summed E-state index contributed by atoms with van der Waals surface area (Å²) >= 11 is 5.84. The van der Waals surface area contributed by atoms with Gasteiger partial charge >= 0.3 is 6.18 Å². The molecule has 0 atom stereocenters. The van der Waals surface area contributed by atoms with Crippen molar-refractivity contribution in [2.45, 2.75) is 32.9 Å². The van der Waals surface area contributed by atoms with Gasteiger partial charge in [-0.2, -0.15) is 13.2 Å².